The van der Waals surface area contributed by atoms with Gasteiger partial charge in [0.05, 0.1) is 0 Å². The van der Waals surface area contributed by atoms with Crippen molar-refractivity contribution in [2.75, 3.05) is 6.54 Å². The normalized spacial score (nSPS) is 28.8. The van der Waals surface area contributed by atoms with Crippen molar-refractivity contribution in [2.45, 2.75) is 31.5 Å². The average molecular weight is 211 g/mol. The highest BCUT2D eigenvalue weighted by molar-refractivity contribution is 5.67. The number of carboxylic acid groups (broad SMARTS) is 1. The molecule has 1 rings (SSSR count). The first-order valence-corrected chi connectivity index (χ1v) is 4.43. The van der Waals surface area contributed by atoms with E-state index in [0.717, 1.165) is 0 Å². The number of carboxylic acids is 1. The first-order valence-electron chi connectivity index (χ1n) is 4.43. The molecule has 0 aromatic rings. The fourth-order valence-corrected chi connectivity index (χ4v) is 1.78. The van der Waals surface area contributed by atoms with Crippen molar-refractivity contribution in [1.29, 1.82) is 0 Å². The van der Waals surface area contributed by atoms with Crippen molar-refractivity contribution in [3.63, 3.8) is 0 Å². The van der Waals surface area contributed by atoms with Crippen molar-refractivity contribution in [2.24, 2.45) is 5.92 Å². The van der Waals surface area contributed by atoms with Gasteiger partial charge in [-0.2, -0.15) is 13.2 Å². The molecule has 0 spiro atoms. The maximum atomic E-state index is 12.4. The van der Waals surface area contributed by atoms with Crippen LogP contribution in [0.5, 0.6) is 0 Å². The first-order chi connectivity index (χ1) is 6.41. The number of rotatable bonds is 2. The van der Waals surface area contributed by atoms with Crippen LogP contribution in [0.1, 0.15) is 19.3 Å². The predicted molar refractivity (Wildman–Crippen MR) is 42.8 cm³/mol. The van der Waals surface area contributed by atoms with Crippen LogP contribution < -0.4 is 5.32 Å². The van der Waals surface area contributed by atoms with E-state index in [-0.39, 0.29) is 0 Å². The van der Waals surface area contributed by atoms with Crippen molar-refractivity contribution in [3.05, 3.63) is 0 Å². The molecular weight excluding hydrogens is 199 g/mol. The Kier molecular flexibility index (Phi) is 3.36. The lowest BCUT2D eigenvalue weighted by Crippen LogP contribution is -2.51. The molecule has 6 heteroatoms. The number of aliphatic carboxylic acids is 1. The number of nitrogens with one attached hydrogen (secondary N) is 1. The summed E-state index contributed by atoms with van der Waals surface area (Å²) >= 11 is 0. The van der Waals surface area contributed by atoms with E-state index < -0.39 is 30.5 Å². The topological polar surface area (TPSA) is 49.3 Å². The summed E-state index contributed by atoms with van der Waals surface area (Å²) in [6.45, 7) is 0.306. The second-order valence-electron chi connectivity index (χ2n) is 3.47. The van der Waals surface area contributed by atoms with Gasteiger partial charge >= 0.3 is 12.1 Å². The largest absolute Gasteiger partial charge is 0.481 e. The maximum absolute atomic E-state index is 12.4. The zero-order chi connectivity index (χ0) is 10.8. The Morgan fingerprint density at radius 1 is 1.50 bits per heavy atom. The zero-order valence-corrected chi connectivity index (χ0v) is 7.47. The number of hydrogen-bond donors (Lipinski definition) is 2. The molecule has 3 nitrogen and oxygen atoms in total. The summed E-state index contributed by atoms with van der Waals surface area (Å²) in [5, 5.41) is 10.8. The number of alkyl halides is 3. The number of hydrogen-bond acceptors (Lipinski definition) is 2. The Balaban J connectivity index is 2.64. The molecule has 0 aliphatic carbocycles. The van der Waals surface area contributed by atoms with Gasteiger partial charge in [-0.05, 0) is 25.3 Å². The van der Waals surface area contributed by atoms with Gasteiger partial charge in [0.2, 0.25) is 0 Å². The highest BCUT2D eigenvalue weighted by Gasteiger charge is 2.45. The molecule has 2 N–H and O–H groups in total. The Morgan fingerprint density at radius 3 is 2.64 bits per heavy atom. The van der Waals surface area contributed by atoms with Crippen LogP contribution in [0.25, 0.3) is 0 Å². The fourth-order valence-electron chi connectivity index (χ4n) is 1.78. The van der Waals surface area contributed by atoms with Crippen LogP contribution in [0, 0.1) is 5.92 Å². The van der Waals surface area contributed by atoms with Gasteiger partial charge < -0.3 is 10.4 Å². The van der Waals surface area contributed by atoms with Crippen molar-refractivity contribution >= 4 is 5.97 Å². The van der Waals surface area contributed by atoms with Crippen LogP contribution >= 0.6 is 0 Å². The van der Waals surface area contributed by atoms with Crippen molar-refractivity contribution < 1.29 is 23.1 Å². The standard InChI is InChI=1S/C8H12F3NO2/c9-8(10,11)7-5(4-6(13)14)2-1-3-12-7/h5,7,12H,1-4H2,(H,13,14)/t5-,7+/m1/s1. The lowest BCUT2D eigenvalue weighted by atomic mass is 9.88. The van der Waals surface area contributed by atoms with Crippen LogP contribution in [-0.4, -0.2) is 29.8 Å². The van der Waals surface area contributed by atoms with Crippen LogP contribution in [0.3, 0.4) is 0 Å². The summed E-state index contributed by atoms with van der Waals surface area (Å²) in [5.41, 5.74) is 0. The second kappa shape index (κ2) is 4.16. The predicted octanol–water partition coefficient (Wildman–Crippen LogP) is 1.39. The van der Waals surface area contributed by atoms with E-state index in [1.165, 1.54) is 0 Å². The summed E-state index contributed by atoms with van der Waals surface area (Å²) in [4.78, 5) is 10.3. The third kappa shape index (κ3) is 2.87. The lowest BCUT2D eigenvalue weighted by molar-refractivity contribution is -0.175. The van der Waals surface area contributed by atoms with Gasteiger partial charge in [0.1, 0.15) is 6.04 Å². The Bertz CT molecular complexity index is 217. The van der Waals surface area contributed by atoms with Gasteiger partial charge in [-0.25, -0.2) is 0 Å². The van der Waals surface area contributed by atoms with E-state index >= 15 is 0 Å². The molecule has 1 fully saturated rings. The second-order valence-corrected chi connectivity index (χ2v) is 3.47. The SMILES string of the molecule is O=C(O)C[C@H]1CCCN[C@@H]1C(F)(F)F. The molecule has 1 aliphatic rings. The van der Waals surface area contributed by atoms with E-state index in [9.17, 15) is 18.0 Å². The van der Waals surface area contributed by atoms with E-state index in [0.29, 0.717) is 19.4 Å². The molecule has 14 heavy (non-hydrogen) atoms. The minimum absolute atomic E-state index is 0.306. The van der Waals surface area contributed by atoms with Gasteiger partial charge in [-0.15, -0.1) is 0 Å². The van der Waals surface area contributed by atoms with E-state index in [1.807, 2.05) is 0 Å². The van der Waals surface area contributed by atoms with Gasteiger partial charge in [0.15, 0.2) is 0 Å². The molecule has 0 radical (unpaired) electrons. The number of halogens is 3. The summed E-state index contributed by atoms with van der Waals surface area (Å²) < 4.78 is 37.2. The van der Waals surface area contributed by atoms with Crippen LogP contribution in [-0.2, 0) is 4.79 Å². The molecule has 0 unspecified atom stereocenters. The Labute approximate surface area is 79.3 Å². The Morgan fingerprint density at radius 2 is 2.14 bits per heavy atom. The molecule has 2 atom stereocenters. The van der Waals surface area contributed by atoms with E-state index in [4.69, 9.17) is 5.11 Å². The van der Waals surface area contributed by atoms with Crippen LogP contribution in [0.15, 0.2) is 0 Å². The van der Waals surface area contributed by atoms with Crippen molar-refractivity contribution in [3.8, 4) is 0 Å². The van der Waals surface area contributed by atoms with Gasteiger partial charge in [-0.3, -0.25) is 4.79 Å². The lowest BCUT2D eigenvalue weighted by Gasteiger charge is -2.33. The molecule has 0 amide bonds. The van der Waals surface area contributed by atoms with Gasteiger partial charge in [0.25, 0.3) is 0 Å². The highest BCUT2D eigenvalue weighted by Crippen LogP contribution is 2.32. The molecule has 1 heterocycles. The smallest absolute Gasteiger partial charge is 0.404 e. The molecule has 0 aromatic carbocycles. The first kappa shape index (κ1) is 11.3. The molecule has 82 valence electrons. The molecular formula is C8H12F3NO2. The molecule has 0 aromatic heterocycles. The summed E-state index contributed by atoms with van der Waals surface area (Å²) in [6.07, 6.45) is -3.84. The molecule has 1 saturated heterocycles. The summed E-state index contributed by atoms with van der Waals surface area (Å²) in [7, 11) is 0. The van der Waals surface area contributed by atoms with E-state index in [2.05, 4.69) is 5.32 Å². The molecule has 1 aliphatic heterocycles. The van der Waals surface area contributed by atoms with Crippen LogP contribution in [0.2, 0.25) is 0 Å². The quantitative estimate of drug-likeness (QED) is 0.725. The fraction of sp³-hybridized carbons (Fsp3) is 0.875. The van der Waals surface area contributed by atoms with Gasteiger partial charge in [-0.1, -0.05) is 0 Å². The third-order valence-corrected chi connectivity index (χ3v) is 2.38. The van der Waals surface area contributed by atoms with Gasteiger partial charge in [0, 0.05) is 6.42 Å². The summed E-state index contributed by atoms with van der Waals surface area (Å²) in [6, 6.07) is -1.66. The number of piperidine rings is 1. The molecule has 0 saturated carbocycles. The van der Waals surface area contributed by atoms with Crippen LogP contribution in [0.4, 0.5) is 13.2 Å². The minimum Gasteiger partial charge on any atom is -0.481 e. The van der Waals surface area contributed by atoms with E-state index in [1.54, 1.807) is 0 Å². The minimum atomic E-state index is -4.35. The van der Waals surface area contributed by atoms with Crippen molar-refractivity contribution in [1.82, 2.24) is 5.32 Å². The average Bonchev–Trinajstić information content (AvgIpc) is 2.01. The highest BCUT2D eigenvalue weighted by atomic mass is 19.4. The monoisotopic (exact) mass is 211 g/mol. The number of carbonyl (C=O) groups is 1. The zero-order valence-electron chi connectivity index (χ0n) is 7.47. The summed E-state index contributed by atoms with van der Waals surface area (Å²) in [5.74, 6) is -2.01. The maximum Gasteiger partial charge on any atom is 0.404 e. The third-order valence-electron chi connectivity index (χ3n) is 2.38. The Hall–Kier alpha value is -0.780. The molecule has 0 bridgehead atoms.